The van der Waals surface area contributed by atoms with E-state index in [1.54, 1.807) is 36.4 Å². The normalized spacial score (nSPS) is 14.3. The van der Waals surface area contributed by atoms with Crippen LogP contribution in [0.2, 0.25) is 0 Å². The van der Waals surface area contributed by atoms with Crippen molar-refractivity contribution in [2.45, 2.75) is 13.5 Å². The molecule has 0 bridgehead atoms. The van der Waals surface area contributed by atoms with E-state index in [-0.39, 0.29) is 11.4 Å². The molecule has 1 fully saturated rings. The number of hydrogen-bond donors (Lipinski definition) is 1. The first-order valence-electron chi connectivity index (χ1n) is 11.0. The molecule has 0 aromatic heterocycles. The fraction of sp³-hybridized carbons (Fsp3) is 0.148. The molecular formula is C27H23IN2O5S. The molecule has 3 aromatic rings. The molecule has 184 valence electrons. The van der Waals surface area contributed by atoms with Crippen LogP contribution in [0.4, 0.5) is 10.5 Å². The summed E-state index contributed by atoms with van der Waals surface area (Å²) >= 11 is 3.05. The monoisotopic (exact) mass is 614 g/mol. The van der Waals surface area contributed by atoms with Crippen LogP contribution >= 0.6 is 34.4 Å². The van der Waals surface area contributed by atoms with Crippen molar-refractivity contribution >= 4 is 63.2 Å². The van der Waals surface area contributed by atoms with Crippen LogP contribution in [0.1, 0.15) is 16.7 Å². The second-order valence-electron chi connectivity index (χ2n) is 7.96. The van der Waals surface area contributed by atoms with E-state index in [0.717, 1.165) is 31.4 Å². The van der Waals surface area contributed by atoms with Crippen LogP contribution in [0.5, 0.6) is 11.5 Å². The number of methoxy groups -OCH3 is 1. The molecule has 0 atom stereocenters. The Morgan fingerprint density at radius 2 is 1.81 bits per heavy atom. The van der Waals surface area contributed by atoms with Crippen LogP contribution in [-0.4, -0.2) is 35.6 Å². The van der Waals surface area contributed by atoms with E-state index in [4.69, 9.17) is 9.47 Å². The van der Waals surface area contributed by atoms with Crippen molar-refractivity contribution in [3.63, 3.8) is 0 Å². The van der Waals surface area contributed by atoms with Crippen molar-refractivity contribution in [2.24, 2.45) is 0 Å². The van der Waals surface area contributed by atoms with Crippen molar-refractivity contribution in [1.82, 2.24) is 4.90 Å². The molecule has 0 saturated carbocycles. The minimum Gasteiger partial charge on any atom is -0.493 e. The molecule has 1 N–H and O–H groups in total. The van der Waals surface area contributed by atoms with Gasteiger partial charge in [-0.3, -0.25) is 19.3 Å². The zero-order chi connectivity index (χ0) is 25.7. The first-order valence-corrected chi connectivity index (χ1v) is 12.9. The number of ether oxygens (including phenoxy) is 2. The number of rotatable bonds is 8. The van der Waals surface area contributed by atoms with Crippen molar-refractivity contribution in [2.75, 3.05) is 19.0 Å². The van der Waals surface area contributed by atoms with E-state index < -0.39 is 17.1 Å². The van der Waals surface area contributed by atoms with Gasteiger partial charge in [-0.25, -0.2) is 0 Å². The molecule has 4 rings (SSSR count). The van der Waals surface area contributed by atoms with Crippen LogP contribution in [0.3, 0.4) is 0 Å². The molecule has 3 aromatic carbocycles. The largest absolute Gasteiger partial charge is 0.493 e. The van der Waals surface area contributed by atoms with E-state index in [1.807, 2.05) is 43.3 Å². The summed E-state index contributed by atoms with van der Waals surface area (Å²) in [5.74, 6) is 0.118. The highest BCUT2D eigenvalue weighted by molar-refractivity contribution is 14.1. The zero-order valence-corrected chi connectivity index (χ0v) is 22.6. The predicted octanol–water partition coefficient (Wildman–Crippen LogP) is 5.86. The fourth-order valence-electron chi connectivity index (χ4n) is 3.47. The first kappa shape index (κ1) is 25.8. The first-order chi connectivity index (χ1) is 17.3. The predicted molar refractivity (Wildman–Crippen MR) is 149 cm³/mol. The molecule has 1 aliphatic heterocycles. The van der Waals surface area contributed by atoms with Crippen LogP contribution in [0, 0.1) is 10.5 Å². The second-order valence-corrected chi connectivity index (χ2v) is 10.2. The van der Waals surface area contributed by atoms with Gasteiger partial charge < -0.3 is 14.8 Å². The maximum Gasteiger partial charge on any atom is 0.294 e. The summed E-state index contributed by atoms with van der Waals surface area (Å²) in [6.07, 6.45) is 1.61. The number of benzene rings is 3. The molecule has 1 heterocycles. The molecule has 9 heteroatoms. The van der Waals surface area contributed by atoms with Crippen LogP contribution in [-0.2, 0) is 16.2 Å². The minimum atomic E-state index is -0.511. The lowest BCUT2D eigenvalue weighted by Gasteiger charge is -2.13. The van der Waals surface area contributed by atoms with Gasteiger partial charge in [-0.15, -0.1) is 0 Å². The summed E-state index contributed by atoms with van der Waals surface area (Å²) in [4.78, 5) is 39.0. The highest BCUT2D eigenvalue weighted by Gasteiger charge is 2.36. The number of aryl methyl sites for hydroxylation is 1. The van der Waals surface area contributed by atoms with Gasteiger partial charge in [0, 0.05) is 9.26 Å². The zero-order valence-electron chi connectivity index (χ0n) is 19.6. The Kier molecular flexibility index (Phi) is 8.32. The summed E-state index contributed by atoms with van der Waals surface area (Å²) in [6.45, 7) is 1.90. The van der Waals surface area contributed by atoms with Gasteiger partial charge in [0.2, 0.25) is 5.91 Å². The average Bonchev–Trinajstić information content (AvgIpc) is 3.12. The summed E-state index contributed by atoms with van der Waals surface area (Å²) in [7, 11) is 1.54. The summed E-state index contributed by atoms with van der Waals surface area (Å²) in [6, 6.07) is 20.6. The Bertz CT molecular complexity index is 1340. The summed E-state index contributed by atoms with van der Waals surface area (Å²) < 4.78 is 12.5. The molecule has 1 saturated heterocycles. The number of amides is 3. The molecule has 3 amide bonds. The molecule has 7 nitrogen and oxygen atoms in total. The number of hydrogen-bond acceptors (Lipinski definition) is 6. The van der Waals surface area contributed by atoms with Gasteiger partial charge in [0.15, 0.2) is 11.5 Å². The number of nitrogens with one attached hydrogen (secondary N) is 1. The number of carbonyl (C=O) groups is 3. The van der Waals surface area contributed by atoms with Gasteiger partial charge in [-0.05, 0) is 94.4 Å². The van der Waals surface area contributed by atoms with Gasteiger partial charge in [0.1, 0.15) is 13.2 Å². The van der Waals surface area contributed by atoms with E-state index >= 15 is 0 Å². The lowest BCUT2D eigenvalue weighted by Crippen LogP contribution is -2.36. The maximum atomic E-state index is 12.9. The highest BCUT2D eigenvalue weighted by Crippen LogP contribution is 2.35. The number of anilines is 1. The van der Waals surface area contributed by atoms with Crippen molar-refractivity contribution in [3.05, 3.63) is 91.9 Å². The number of carbonyl (C=O) groups excluding carboxylic acids is 3. The second kappa shape index (κ2) is 11.6. The lowest BCUT2D eigenvalue weighted by atomic mass is 10.1. The van der Waals surface area contributed by atoms with Gasteiger partial charge in [-0.1, -0.05) is 36.4 Å². The number of para-hydroxylation sites is 1. The van der Waals surface area contributed by atoms with Gasteiger partial charge in [0.25, 0.3) is 11.1 Å². The van der Waals surface area contributed by atoms with Crippen molar-refractivity contribution in [3.8, 4) is 11.5 Å². The van der Waals surface area contributed by atoms with E-state index in [0.29, 0.717) is 29.4 Å². The molecule has 1 aliphatic rings. The maximum absolute atomic E-state index is 12.9. The molecule has 0 aliphatic carbocycles. The molecule has 0 radical (unpaired) electrons. The Morgan fingerprint density at radius 1 is 1.06 bits per heavy atom. The molecule has 0 spiro atoms. The van der Waals surface area contributed by atoms with E-state index in [1.165, 1.54) is 7.11 Å². The Labute approximate surface area is 227 Å². The van der Waals surface area contributed by atoms with E-state index in [9.17, 15) is 14.4 Å². The topological polar surface area (TPSA) is 84.9 Å². The summed E-state index contributed by atoms with van der Waals surface area (Å²) in [5.41, 5.74) is 3.23. The molecule has 0 unspecified atom stereocenters. The standard InChI is InChI=1S/C27H23IN2O5S/c1-17-5-3-4-6-21(17)29-25(31)15-30-26(32)24(36-27(30)33)14-19-9-12-22(23(13-19)34-2)35-16-18-7-10-20(28)11-8-18/h3-14H,15-16H2,1-2H3,(H,29,31)/b24-14-. The average molecular weight is 614 g/mol. The highest BCUT2D eigenvalue weighted by atomic mass is 127. The van der Waals surface area contributed by atoms with Crippen LogP contribution < -0.4 is 14.8 Å². The fourth-order valence-corrected chi connectivity index (χ4v) is 4.67. The number of halogens is 1. The summed E-state index contributed by atoms with van der Waals surface area (Å²) in [5, 5.41) is 2.26. The van der Waals surface area contributed by atoms with Crippen LogP contribution in [0.25, 0.3) is 6.08 Å². The van der Waals surface area contributed by atoms with E-state index in [2.05, 4.69) is 27.9 Å². The smallest absolute Gasteiger partial charge is 0.294 e. The lowest BCUT2D eigenvalue weighted by molar-refractivity contribution is -0.127. The number of imide groups is 1. The SMILES string of the molecule is COc1cc(/C=C2\SC(=O)N(CC(=O)Nc3ccccc3C)C2=O)ccc1OCc1ccc(I)cc1. The molecular weight excluding hydrogens is 591 g/mol. The third kappa shape index (κ3) is 6.27. The minimum absolute atomic E-state index is 0.235. The Hall–Kier alpha value is -3.31. The van der Waals surface area contributed by atoms with Gasteiger partial charge >= 0.3 is 0 Å². The Morgan fingerprint density at radius 3 is 2.53 bits per heavy atom. The third-order valence-electron chi connectivity index (χ3n) is 5.39. The van der Waals surface area contributed by atoms with Crippen LogP contribution in [0.15, 0.2) is 71.6 Å². The van der Waals surface area contributed by atoms with Gasteiger partial charge in [0.05, 0.1) is 12.0 Å². The quantitative estimate of drug-likeness (QED) is 0.253. The molecule has 36 heavy (non-hydrogen) atoms. The van der Waals surface area contributed by atoms with Crippen molar-refractivity contribution < 1.29 is 23.9 Å². The van der Waals surface area contributed by atoms with Crippen molar-refractivity contribution in [1.29, 1.82) is 0 Å². The number of nitrogens with zero attached hydrogens (tertiary/aromatic N) is 1. The van der Waals surface area contributed by atoms with Gasteiger partial charge in [-0.2, -0.15) is 0 Å². The number of thioether (sulfide) groups is 1. The Balaban J connectivity index is 1.43. The third-order valence-corrected chi connectivity index (χ3v) is 7.01.